The lowest BCUT2D eigenvalue weighted by atomic mass is 9.85. The van der Waals surface area contributed by atoms with Gasteiger partial charge in [-0.05, 0) is 43.0 Å². The maximum atomic E-state index is 14.9. The number of aliphatic hydroxyl groups is 2. The number of carbonyl (C=O) groups is 2. The van der Waals surface area contributed by atoms with Gasteiger partial charge in [0.25, 0.3) is 5.56 Å². The SMILES string of the molecule is CC[C@@]1(O)C(=O)OCc2c1cc1n(c2=O)Cc2c-1nc1cc(F)c(C)c3c1c2C(C)(NC(=O)CO)C3. The van der Waals surface area contributed by atoms with Gasteiger partial charge in [-0.2, -0.15) is 0 Å². The number of aliphatic hydroxyl groups excluding tert-OH is 1. The van der Waals surface area contributed by atoms with E-state index in [1.165, 1.54) is 10.6 Å². The van der Waals surface area contributed by atoms with Crippen molar-refractivity contribution in [1.82, 2.24) is 14.9 Å². The van der Waals surface area contributed by atoms with Crippen LogP contribution in [-0.4, -0.2) is 38.2 Å². The molecule has 6 rings (SSSR count). The van der Waals surface area contributed by atoms with Crippen LogP contribution in [0.3, 0.4) is 0 Å². The Labute approximate surface area is 204 Å². The summed E-state index contributed by atoms with van der Waals surface area (Å²) in [6.45, 7) is 4.32. The van der Waals surface area contributed by atoms with Crippen LogP contribution >= 0.6 is 0 Å². The van der Waals surface area contributed by atoms with Gasteiger partial charge >= 0.3 is 5.97 Å². The molecule has 0 spiro atoms. The predicted molar refractivity (Wildman–Crippen MR) is 126 cm³/mol. The van der Waals surface area contributed by atoms with E-state index < -0.39 is 41.0 Å². The summed E-state index contributed by atoms with van der Waals surface area (Å²) < 4.78 is 21.6. The van der Waals surface area contributed by atoms with Crippen LogP contribution in [0.2, 0.25) is 0 Å². The number of cyclic esters (lactones) is 1. The van der Waals surface area contributed by atoms with Crippen molar-refractivity contribution in [3.05, 3.63) is 61.7 Å². The Morgan fingerprint density at radius 1 is 1.28 bits per heavy atom. The molecule has 3 N–H and O–H groups in total. The second-order valence-electron chi connectivity index (χ2n) is 9.99. The van der Waals surface area contributed by atoms with Gasteiger partial charge in [-0.3, -0.25) is 9.59 Å². The highest BCUT2D eigenvalue weighted by Gasteiger charge is 2.47. The number of halogens is 1. The molecule has 9 nitrogen and oxygen atoms in total. The number of esters is 1. The number of amides is 1. The Hall–Kier alpha value is -3.63. The Bertz CT molecular complexity index is 1610. The number of ether oxygens (including phenoxy) is 1. The topological polar surface area (TPSA) is 131 Å². The minimum Gasteiger partial charge on any atom is -0.458 e. The number of hydrogen-bond acceptors (Lipinski definition) is 7. The molecule has 1 unspecified atom stereocenters. The van der Waals surface area contributed by atoms with Gasteiger partial charge in [-0.25, -0.2) is 14.2 Å². The summed E-state index contributed by atoms with van der Waals surface area (Å²) in [5, 5.41) is 24.1. The average Bonchev–Trinajstić information content (AvgIpc) is 3.36. The molecule has 0 radical (unpaired) electrons. The monoisotopic (exact) mass is 493 g/mol. The smallest absolute Gasteiger partial charge is 0.343 e. The number of nitrogens with one attached hydrogen (secondary N) is 1. The Morgan fingerprint density at radius 3 is 2.72 bits per heavy atom. The number of fused-ring (bicyclic) bond motifs is 5. The van der Waals surface area contributed by atoms with Crippen molar-refractivity contribution in [1.29, 1.82) is 0 Å². The Balaban J connectivity index is 1.68. The second kappa shape index (κ2) is 7.21. The Morgan fingerprint density at radius 2 is 2.03 bits per heavy atom. The third-order valence-electron chi connectivity index (χ3n) is 7.94. The second-order valence-corrected chi connectivity index (χ2v) is 9.99. The number of benzene rings is 1. The van der Waals surface area contributed by atoms with E-state index in [1.807, 2.05) is 6.92 Å². The lowest BCUT2D eigenvalue weighted by Crippen LogP contribution is -2.45. The molecule has 2 aromatic heterocycles. The third kappa shape index (κ3) is 2.71. The summed E-state index contributed by atoms with van der Waals surface area (Å²) in [4.78, 5) is 43.0. The molecule has 0 saturated carbocycles. The number of rotatable bonds is 3. The van der Waals surface area contributed by atoms with E-state index in [0.29, 0.717) is 34.5 Å². The highest BCUT2D eigenvalue weighted by molar-refractivity contribution is 5.96. The van der Waals surface area contributed by atoms with Crippen LogP contribution in [-0.2, 0) is 45.0 Å². The molecule has 0 bridgehead atoms. The summed E-state index contributed by atoms with van der Waals surface area (Å²) in [5.74, 6) is -1.82. The number of aromatic nitrogens is 2. The quantitative estimate of drug-likeness (QED) is 0.368. The van der Waals surface area contributed by atoms with Crippen molar-refractivity contribution in [2.24, 2.45) is 0 Å². The van der Waals surface area contributed by atoms with Crippen molar-refractivity contribution in [2.75, 3.05) is 6.61 Å². The molecule has 1 aromatic carbocycles. The summed E-state index contributed by atoms with van der Waals surface area (Å²) in [7, 11) is 0. The van der Waals surface area contributed by atoms with Crippen molar-refractivity contribution in [3.63, 3.8) is 0 Å². The molecule has 10 heteroatoms. The van der Waals surface area contributed by atoms with Crippen LogP contribution in [0, 0.1) is 12.7 Å². The highest BCUT2D eigenvalue weighted by Crippen LogP contribution is 2.49. The van der Waals surface area contributed by atoms with E-state index in [1.54, 1.807) is 19.9 Å². The van der Waals surface area contributed by atoms with E-state index in [2.05, 4.69) is 5.32 Å². The zero-order valence-corrected chi connectivity index (χ0v) is 20.0. The summed E-state index contributed by atoms with van der Waals surface area (Å²) in [6.07, 6.45) is 0.316. The molecule has 4 heterocycles. The molecule has 3 aliphatic rings. The lowest BCUT2D eigenvalue weighted by Gasteiger charge is -2.31. The Kier molecular flexibility index (Phi) is 4.57. The highest BCUT2D eigenvalue weighted by atomic mass is 19.1. The van der Waals surface area contributed by atoms with Crippen LogP contribution in [0.25, 0.3) is 22.3 Å². The van der Waals surface area contributed by atoms with Gasteiger partial charge in [-0.15, -0.1) is 0 Å². The molecule has 3 aromatic rings. The molecule has 2 atom stereocenters. The van der Waals surface area contributed by atoms with E-state index >= 15 is 0 Å². The van der Waals surface area contributed by atoms with E-state index in [0.717, 1.165) is 16.5 Å². The van der Waals surface area contributed by atoms with Crippen LogP contribution in [0.5, 0.6) is 0 Å². The van der Waals surface area contributed by atoms with Gasteiger partial charge in [-0.1, -0.05) is 6.92 Å². The summed E-state index contributed by atoms with van der Waals surface area (Å²) >= 11 is 0. The largest absolute Gasteiger partial charge is 0.458 e. The molecule has 2 aliphatic heterocycles. The van der Waals surface area contributed by atoms with Crippen LogP contribution in [0.4, 0.5) is 4.39 Å². The molecule has 186 valence electrons. The third-order valence-corrected chi connectivity index (χ3v) is 7.94. The summed E-state index contributed by atoms with van der Waals surface area (Å²) in [5.41, 5.74) is 0.864. The van der Waals surface area contributed by atoms with Crippen molar-refractivity contribution in [3.8, 4) is 11.4 Å². The first-order valence-corrected chi connectivity index (χ1v) is 11.8. The number of carbonyl (C=O) groups excluding carboxylic acids is 2. The van der Waals surface area contributed by atoms with Gasteiger partial charge in [0.15, 0.2) is 5.60 Å². The van der Waals surface area contributed by atoms with E-state index in [9.17, 15) is 29.0 Å². The first-order valence-electron chi connectivity index (χ1n) is 11.8. The van der Waals surface area contributed by atoms with Gasteiger partial charge in [0.2, 0.25) is 5.91 Å². The molecule has 1 amide bonds. The zero-order chi connectivity index (χ0) is 25.7. The van der Waals surface area contributed by atoms with Crippen molar-refractivity contribution in [2.45, 2.75) is 57.9 Å². The molecular formula is C26H24FN3O6. The molecule has 36 heavy (non-hydrogen) atoms. The fourth-order valence-corrected chi connectivity index (χ4v) is 6.11. The fraction of sp³-hybridized carbons (Fsp3) is 0.385. The maximum Gasteiger partial charge on any atom is 0.343 e. The van der Waals surface area contributed by atoms with Crippen LogP contribution in [0.15, 0.2) is 16.9 Å². The summed E-state index contributed by atoms with van der Waals surface area (Å²) in [6, 6.07) is 2.94. The van der Waals surface area contributed by atoms with Crippen LogP contribution < -0.4 is 10.9 Å². The standard InChI is InChI=1S/C26H24FN3O6/c1-4-26(35)15-5-18-22-13(8-30(18)23(33)14(15)10-36-24(26)34)21-20-12(7-25(21,3)29-19(32)9-31)11(2)16(27)6-17(20)28-22/h5-6,31,35H,4,7-10H2,1-3H3,(H,29,32)/t25?,26-/m0/s1. The normalized spacial score (nSPS) is 23.3. The average molecular weight is 493 g/mol. The minimum atomic E-state index is -1.96. The van der Waals surface area contributed by atoms with E-state index in [4.69, 9.17) is 9.72 Å². The molecular weight excluding hydrogens is 469 g/mol. The number of pyridine rings is 2. The van der Waals surface area contributed by atoms with Crippen molar-refractivity contribution >= 4 is 22.8 Å². The van der Waals surface area contributed by atoms with Gasteiger partial charge < -0.3 is 24.8 Å². The lowest BCUT2D eigenvalue weighted by molar-refractivity contribution is -0.172. The fourth-order valence-electron chi connectivity index (χ4n) is 6.11. The van der Waals surface area contributed by atoms with Gasteiger partial charge in [0.1, 0.15) is 19.0 Å². The first kappa shape index (κ1) is 22.8. The zero-order valence-electron chi connectivity index (χ0n) is 20.0. The molecule has 0 saturated heterocycles. The van der Waals surface area contributed by atoms with Gasteiger partial charge in [0, 0.05) is 29.0 Å². The van der Waals surface area contributed by atoms with Gasteiger partial charge in [0.05, 0.1) is 34.6 Å². The van der Waals surface area contributed by atoms with Crippen LogP contribution in [0.1, 0.15) is 53.6 Å². The maximum absolute atomic E-state index is 14.9. The number of nitrogens with zero attached hydrogens (tertiary/aromatic N) is 2. The number of hydrogen-bond donors (Lipinski definition) is 3. The van der Waals surface area contributed by atoms with Crippen molar-refractivity contribution < 1.29 is 28.9 Å². The minimum absolute atomic E-state index is 0.0179. The first-order chi connectivity index (χ1) is 17.0. The molecule has 0 fully saturated rings. The van der Waals surface area contributed by atoms with E-state index in [-0.39, 0.29) is 30.7 Å². The predicted octanol–water partition coefficient (Wildman–Crippen LogP) is 1.41. The molecule has 1 aliphatic carbocycles.